The molecule has 1 aliphatic rings. The van der Waals surface area contributed by atoms with Gasteiger partial charge in [0.25, 0.3) is 5.69 Å². The van der Waals surface area contributed by atoms with Gasteiger partial charge in [0.05, 0.1) is 17.6 Å². The van der Waals surface area contributed by atoms with Gasteiger partial charge in [-0.2, -0.15) is 0 Å². The third-order valence-electron chi connectivity index (χ3n) is 3.61. The highest BCUT2D eigenvalue weighted by molar-refractivity contribution is 6.05. The molecule has 0 saturated carbocycles. The molecule has 26 heavy (non-hydrogen) atoms. The topological polar surface area (TPSA) is 99.9 Å². The van der Waals surface area contributed by atoms with Crippen LogP contribution in [0.4, 0.5) is 11.4 Å². The molecule has 8 heteroatoms. The molecule has 1 aliphatic heterocycles. The fourth-order valence-corrected chi connectivity index (χ4v) is 2.39. The molecule has 134 valence electrons. The molecular weight excluding hydrogens is 340 g/mol. The molecule has 8 nitrogen and oxygen atoms in total. The molecule has 2 aromatic carbocycles. The molecule has 0 aromatic heterocycles. The molecule has 0 amide bonds. The molecule has 0 radical (unpaired) electrons. The maximum absolute atomic E-state index is 12.2. The molecule has 0 bridgehead atoms. The SMILES string of the molecule is CCOc1ccc(NC=CC(=O)c2ccc3c(c2)OCO3)c([N+](=O)[O-])c1. The number of ketones is 1. The number of hydrogen-bond donors (Lipinski definition) is 1. The molecular formula is C18H16N2O6. The highest BCUT2D eigenvalue weighted by atomic mass is 16.7. The molecule has 1 heterocycles. The lowest BCUT2D eigenvalue weighted by Crippen LogP contribution is -2.00. The van der Waals surface area contributed by atoms with Crippen LogP contribution in [0.2, 0.25) is 0 Å². The first-order valence-electron chi connectivity index (χ1n) is 7.87. The van der Waals surface area contributed by atoms with Crippen molar-refractivity contribution < 1.29 is 23.9 Å². The zero-order valence-corrected chi connectivity index (χ0v) is 13.9. The van der Waals surface area contributed by atoms with E-state index < -0.39 is 4.92 Å². The Morgan fingerprint density at radius 3 is 2.85 bits per heavy atom. The summed E-state index contributed by atoms with van der Waals surface area (Å²) in [6.45, 7) is 2.34. The number of anilines is 1. The smallest absolute Gasteiger partial charge is 0.296 e. The lowest BCUT2D eigenvalue weighted by Gasteiger charge is -2.06. The Balaban J connectivity index is 1.71. The lowest BCUT2D eigenvalue weighted by atomic mass is 10.1. The number of allylic oxidation sites excluding steroid dienone is 1. The maximum atomic E-state index is 12.2. The first kappa shape index (κ1) is 17.3. The molecule has 0 aliphatic carbocycles. The molecule has 3 rings (SSSR count). The van der Waals surface area contributed by atoms with Gasteiger partial charge in [-0.25, -0.2) is 0 Å². The number of carbonyl (C=O) groups is 1. The summed E-state index contributed by atoms with van der Waals surface area (Å²) in [4.78, 5) is 22.9. The van der Waals surface area contributed by atoms with E-state index >= 15 is 0 Å². The lowest BCUT2D eigenvalue weighted by molar-refractivity contribution is -0.384. The summed E-state index contributed by atoms with van der Waals surface area (Å²) in [5, 5.41) is 14.0. The van der Waals surface area contributed by atoms with Gasteiger partial charge < -0.3 is 19.5 Å². The molecule has 1 N–H and O–H groups in total. The van der Waals surface area contributed by atoms with Crippen molar-refractivity contribution in [3.8, 4) is 17.2 Å². The maximum Gasteiger partial charge on any atom is 0.296 e. The second kappa shape index (κ2) is 7.56. The van der Waals surface area contributed by atoms with Crippen molar-refractivity contribution in [2.45, 2.75) is 6.92 Å². The predicted molar refractivity (Wildman–Crippen MR) is 93.9 cm³/mol. The van der Waals surface area contributed by atoms with Crippen molar-refractivity contribution in [1.82, 2.24) is 0 Å². The van der Waals surface area contributed by atoms with Crippen molar-refractivity contribution in [3.05, 3.63) is 64.4 Å². The van der Waals surface area contributed by atoms with Crippen LogP contribution in [0.15, 0.2) is 48.7 Å². The molecule has 0 atom stereocenters. The van der Waals surface area contributed by atoms with E-state index in [0.29, 0.717) is 29.4 Å². The van der Waals surface area contributed by atoms with Crippen molar-refractivity contribution in [3.63, 3.8) is 0 Å². The van der Waals surface area contributed by atoms with E-state index in [1.807, 2.05) is 0 Å². The van der Waals surface area contributed by atoms with Crippen LogP contribution in [0, 0.1) is 10.1 Å². The van der Waals surface area contributed by atoms with Crippen LogP contribution < -0.4 is 19.5 Å². The van der Waals surface area contributed by atoms with Gasteiger partial charge in [-0.1, -0.05) is 0 Å². The summed E-state index contributed by atoms with van der Waals surface area (Å²) >= 11 is 0. The first-order chi connectivity index (χ1) is 12.6. The number of rotatable bonds is 7. The van der Waals surface area contributed by atoms with Crippen LogP contribution in [-0.2, 0) is 0 Å². The van der Waals surface area contributed by atoms with Crippen molar-refractivity contribution >= 4 is 17.2 Å². The zero-order valence-electron chi connectivity index (χ0n) is 13.9. The number of nitrogens with one attached hydrogen (secondary N) is 1. The van der Waals surface area contributed by atoms with Crippen LogP contribution in [0.5, 0.6) is 17.2 Å². The second-order valence-corrected chi connectivity index (χ2v) is 5.28. The van der Waals surface area contributed by atoms with Crippen molar-refractivity contribution in [2.75, 3.05) is 18.7 Å². The molecule has 0 fully saturated rings. The average molecular weight is 356 g/mol. The van der Waals surface area contributed by atoms with E-state index in [-0.39, 0.29) is 24.0 Å². The molecule has 0 spiro atoms. The number of carbonyl (C=O) groups excluding carboxylic acids is 1. The summed E-state index contributed by atoms with van der Waals surface area (Å²) in [6.07, 6.45) is 2.65. The van der Waals surface area contributed by atoms with E-state index in [2.05, 4.69) is 5.32 Å². The Morgan fingerprint density at radius 1 is 1.27 bits per heavy atom. The Labute approximate surface area is 149 Å². The van der Waals surface area contributed by atoms with Gasteiger partial charge in [-0.15, -0.1) is 0 Å². The summed E-state index contributed by atoms with van der Waals surface area (Å²) in [5.74, 6) is 1.24. The standard InChI is InChI=1S/C18H16N2O6/c1-2-24-13-4-5-14(15(10-13)20(22)23)19-8-7-16(21)12-3-6-17-18(9-12)26-11-25-17/h3-10,19H,2,11H2,1H3. The van der Waals surface area contributed by atoms with Crippen molar-refractivity contribution in [2.24, 2.45) is 0 Å². The predicted octanol–water partition coefficient (Wildman–Crippen LogP) is 3.53. The Hall–Kier alpha value is -3.55. The fourth-order valence-electron chi connectivity index (χ4n) is 2.39. The Bertz CT molecular complexity index is 878. The minimum absolute atomic E-state index is 0.131. The summed E-state index contributed by atoms with van der Waals surface area (Å²) in [6, 6.07) is 9.35. The second-order valence-electron chi connectivity index (χ2n) is 5.28. The van der Waals surface area contributed by atoms with E-state index in [9.17, 15) is 14.9 Å². The van der Waals surface area contributed by atoms with Crippen LogP contribution in [-0.4, -0.2) is 24.1 Å². The highest BCUT2D eigenvalue weighted by Crippen LogP contribution is 2.33. The summed E-state index contributed by atoms with van der Waals surface area (Å²) in [7, 11) is 0. The van der Waals surface area contributed by atoms with Crippen LogP contribution in [0.25, 0.3) is 0 Å². The zero-order chi connectivity index (χ0) is 18.5. The monoisotopic (exact) mass is 356 g/mol. The minimum Gasteiger partial charge on any atom is -0.494 e. The van der Waals surface area contributed by atoms with Gasteiger partial charge in [0.2, 0.25) is 6.79 Å². The number of hydrogen-bond acceptors (Lipinski definition) is 7. The fraction of sp³-hybridized carbons (Fsp3) is 0.167. The van der Waals surface area contributed by atoms with Gasteiger partial charge in [0, 0.05) is 17.8 Å². The largest absolute Gasteiger partial charge is 0.494 e. The van der Waals surface area contributed by atoms with Gasteiger partial charge >= 0.3 is 0 Å². The normalized spacial score (nSPS) is 12.2. The van der Waals surface area contributed by atoms with E-state index in [1.165, 1.54) is 24.4 Å². The third-order valence-corrected chi connectivity index (χ3v) is 3.61. The number of fused-ring (bicyclic) bond motifs is 1. The average Bonchev–Trinajstić information content (AvgIpc) is 3.10. The van der Waals surface area contributed by atoms with Crippen LogP contribution in [0.1, 0.15) is 17.3 Å². The van der Waals surface area contributed by atoms with E-state index in [1.54, 1.807) is 31.2 Å². The van der Waals surface area contributed by atoms with Gasteiger partial charge in [-0.3, -0.25) is 14.9 Å². The number of nitrogens with zero attached hydrogens (tertiary/aromatic N) is 1. The van der Waals surface area contributed by atoms with Crippen molar-refractivity contribution in [1.29, 1.82) is 0 Å². The molecule has 0 saturated heterocycles. The number of ether oxygens (including phenoxy) is 3. The van der Waals surface area contributed by atoms with Gasteiger partial charge in [-0.05, 0) is 37.3 Å². The van der Waals surface area contributed by atoms with Crippen LogP contribution in [0.3, 0.4) is 0 Å². The minimum atomic E-state index is -0.516. The summed E-state index contributed by atoms with van der Waals surface area (Å²) < 4.78 is 15.7. The summed E-state index contributed by atoms with van der Waals surface area (Å²) in [5.41, 5.74) is 0.540. The number of benzene rings is 2. The number of nitro groups is 1. The quantitative estimate of drug-likeness (QED) is 0.350. The van der Waals surface area contributed by atoms with Gasteiger partial charge in [0.15, 0.2) is 17.3 Å². The first-order valence-corrected chi connectivity index (χ1v) is 7.87. The van der Waals surface area contributed by atoms with Crippen LogP contribution >= 0.6 is 0 Å². The molecule has 2 aromatic rings. The number of nitro benzene ring substituents is 1. The Kier molecular flexibility index (Phi) is 5.02. The Morgan fingerprint density at radius 2 is 2.08 bits per heavy atom. The molecule has 0 unspecified atom stereocenters. The highest BCUT2D eigenvalue weighted by Gasteiger charge is 2.16. The van der Waals surface area contributed by atoms with E-state index in [4.69, 9.17) is 14.2 Å². The third kappa shape index (κ3) is 3.75. The van der Waals surface area contributed by atoms with Gasteiger partial charge in [0.1, 0.15) is 11.4 Å². The van der Waals surface area contributed by atoms with E-state index in [0.717, 1.165) is 0 Å².